The van der Waals surface area contributed by atoms with Crippen LogP contribution >= 0.6 is 0 Å². The third kappa shape index (κ3) is 6.15. The Hall–Kier alpha value is -4.28. The van der Waals surface area contributed by atoms with Crippen molar-refractivity contribution in [1.82, 2.24) is 10.3 Å². The number of nitrogens with zero attached hydrogens (tertiary/aromatic N) is 1. The van der Waals surface area contributed by atoms with Gasteiger partial charge in [-0.05, 0) is 35.9 Å². The van der Waals surface area contributed by atoms with Crippen molar-refractivity contribution in [3.8, 4) is 17.4 Å². The van der Waals surface area contributed by atoms with Crippen LogP contribution < -0.4 is 24.8 Å². The van der Waals surface area contributed by atoms with Crippen molar-refractivity contribution in [3.63, 3.8) is 0 Å². The fourth-order valence-corrected chi connectivity index (χ4v) is 2.94. The first-order chi connectivity index (χ1) is 16.2. The molecule has 0 saturated carbocycles. The van der Waals surface area contributed by atoms with Crippen LogP contribution in [0.2, 0.25) is 0 Å². The van der Waals surface area contributed by atoms with Gasteiger partial charge in [0.05, 0.1) is 31.7 Å². The third-order valence-electron chi connectivity index (χ3n) is 4.52. The molecule has 1 heterocycles. The van der Waals surface area contributed by atoms with Gasteiger partial charge in [0.25, 0.3) is 5.91 Å². The molecule has 0 bridgehead atoms. The van der Waals surface area contributed by atoms with Crippen LogP contribution in [-0.2, 0) is 12.8 Å². The number of alkyl halides is 3. The van der Waals surface area contributed by atoms with E-state index in [0.29, 0.717) is 5.56 Å². The van der Waals surface area contributed by atoms with Crippen molar-refractivity contribution in [2.75, 3.05) is 19.5 Å². The molecule has 0 fully saturated rings. The van der Waals surface area contributed by atoms with Crippen molar-refractivity contribution < 1.29 is 37.0 Å². The van der Waals surface area contributed by atoms with Crippen LogP contribution in [0.4, 0.5) is 23.7 Å². The molecule has 3 aromatic rings. The molecule has 8 nitrogen and oxygen atoms in total. The lowest BCUT2D eigenvalue weighted by atomic mass is 10.1. The minimum absolute atomic E-state index is 0.0547. The lowest BCUT2D eigenvalue weighted by Crippen LogP contribution is -2.34. The van der Waals surface area contributed by atoms with Crippen molar-refractivity contribution in [1.29, 1.82) is 0 Å². The second-order valence-electron chi connectivity index (χ2n) is 6.82. The Morgan fingerprint density at radius 2 is 1.65 bits per heavy atom. The van der Waals surface area contributed by atoms with E-state index in [-0.39, 0.29) is 35.2 Å². The van der Waals surface area contributed by atoms with Crippen LogP contribution in [0.5, 0.6) is 17.4 Å². The molecule has 34 heavy (non-hydrogen) atoms. The van der Waals surface area contributed by atoms with E-state index in [9.17, 15) is 22.8 Å². The number of carbonyl (C=O) groups is 2. The molecular formula is C23H20F3N3O5. The number of imide groups is 1. The highest BCUT2D eigenvalue weighted by Crippen LogP contribution is 2.30. The topological polar surface area (TPSA) is 98.8 Å². The SMILES string of the molecule is COc1cccc(OC)c1C(=O)NC(=O)Nc1ccc(OCc2cccc(C(F)(F)F)c2)nc1. The Bertz CT molecular complexity index is 1150. The molecule has 3 rings (SSSR count). The number of pyridine rings is 1. The molecule has 0 unspecified atom stereocenters. The number of anilines is 1. The Morgan fingerprint density at radius 3 is 2.24 bits per heavy atom. The lowest BCUT2D eigenvalue weighted by molar-refractivity contribution is -0.137. The molecule has 0 radical (unpaired) electrons. The summed E-state index contributed by atoms with van der Waals surface area (Å²) in [5, 5.41) is 4.62. The Morgan fingerprint density at radius 1 is 0.971 bits per heavy atom. The van der Waals surface area contributed by atoms with Crippen LogP contribution in [-0.4, -0.2) is 31.1 Å². The molecule has 3 amide bonds. The smallest absolute Gasteiger partial charge is 0.416 e. The largest absolute Gasteiger partial charge is 0.496 e. The highest BCUT2D eigenvalue weighted by molar-refractivity contribution is 6.10. The van der Waals surface area contributed by atoms with Gasteiger partial charge in [0.15, 0.2) is 0 Å². The van der Waals surface area contributed by atoms with Crippen LogP contribution in [0, 0.1) is 0 Å². The first-order valence-electron chi connectivity index (χ1n) is 9.79. The number of halogens is 3. The van der Waals surface area contributed by atoms with Crippen molar-refractivity contribution >= 4 is 17.6 Å². The lowest BCUT2D eigenvalue weighted by Gasteiger charge is -2.13. The second-order valence-corrected chi connectivity index (χ2v) is 6.82. The zero-order valence-corrected chi connectivity index (χ0v) is 18.1. The third-order valence-corrected chi connectivity index (χ3v) is 4.52. The molecule has 0 aliphatic heterocycles. The molecular weight excluding hydrogens is 455 g/mol. The fourth-order valence-electron chi connectivity index (χ4n) is 2.94. The Balaban J connectivity index is 1.58. The Kier molecular flexibility index (Phi) is 7.57. The minimum Gasteiger partial charge on any atom is -0.496 e. The summed E-state index contributed by atoms with van der Waals surface area (Å²) in [5.41, 5.74) is -0.140. The van der Waals surface area contributed by atoms with E-state index in [4.69, 9.17) is 14.2 Å². The van der Waals surface area contributed by atoms with E-state index >= 15 is 0 Å². The molecule has 0 aliphatic rings. The first-order valence-corrected chi connectivity index (χ1v) is 9.79. The number of hydrogen-bond donors (Lipinski definition) is 2. The maximum atomic E-state index is 12.8. The summed E-state index contributed by atoms with van der Waals surface area (Å²) >= 11 is 0. The fraction of sp³-hybridized carbons (Fsp3) is 0.174. The predicted molar refractivity (Wildman–Crippen MR) is 116 cm³/mol. The van der Waals surface area contributed by atoms with Crippen molar-refractivity contribution in [3.05, 3.63) is 77.5 Å². The maximum absolute atomic E-state index is 12.8. The number of carbonyl (C=O) groups excluding carboxylic acids is 2. The summed E-state index contributed by atoms with van der Waals surface area (Å²) < 4.78 is 54.1. The highest BCUT2D eigenvalue weighted by atomic mass is 19.4. The van der Waals surface area contributed by atoms with Gasteiger partial charge >= 0.3 is 12.2 Å². The van der Waals surface area contributed by atoms with Gasteiger partial charge in [-0.15, -0.1) is 0 Å². The van der Waals surface area contributed by atoms with Gasteiger partial charge in [-0.3, -0.25) is 10.1 Å². The van der Waals surface area contributed by atoms with Crippen LogP contribution in [0.15, 0.2) is 60.8 Å². The normalized spacial score (nSPS) is 10.9. The summed E-state index contributed by atoms with van der Waals surface area (Å²) in [6, 6.07) is 11.6. The van der Waals surface area contributed by atoms with E-state index in [1.165, 1.54) is 44.7 Å². The van der Waals surface area contributed by atoms with Crippen LogP contribution in [0.3, 0.4) is 0 Å². The van der Waals surface area contributed by atoms with Crippen molar-refractivity contribution in [2.24, 2.45) is 0 Å². The van der Waals surface area contributed by atoms with Gasteiger partial charge in [0, 0.05) is 6.07 Å². The van der Waals surface area contributed by atoms with E-state index in [1.807, 2.05) is 0 Å². The zero-order valence-electron chi connectivity index (χ0n) is 18.1. The number of rotatable bonds is 7. The maximum Gasteiger partial charge on any atom is 0.416 e. The number of ether oxygens (including phenoxy) is 3. The van der Waals surface area contributed by atoms with Gasteiger partial charge in [0.2, 0.25) is 5.88 Å². The number of nitrogens with one attached hydrogen (secondary N) is 2. The average Bonchev–Trinajstić information content (AvgIpc) is 2.82. The molecule has 11 heteroatoms. The first kappa shape index (κ1) is 24.4. The number of methoxy groups -OCH3 is 2. The quantitative estimate of drug-likeness (QED) is 0.516. The molecule has 0 spiro atoms. The molecule has 0 aliphatic carbocycles. The summed E-state index contributed by atoms with van der Waals surface area (Å²) in [4.78, 5) is 28.8. The highest BCUT2D eigenvalue weighted by Gasteiger charge is 2.30. The number of amides is 3. The number of benzene rings is 2. The average molecular weight is 475 g/mol. The van der Waals surface area contributed by atoms with Gasteiger partial charge in [-0.25, -0.2) is 9.78 Å². The number of aromatic nitrogens is 1. The van der Waals surface area contributed by atoms with Crippen molar-refractivity contribution in [2.45, 2.75) is 12.8 Å². The molecule has 2 N–H and O–H groups in total. The summed E-state index contributed by atoms with van der Waals surface area (Å²) in [6.45, 7) is -0.126. The molecule has 178 valence electrons. The zero-order chi connectivity index (χ0) is 24.7. The standard InChI is InChI=1S/C23H20F3N3O5/c1-32-17-7-4-8-18(33-2)20(17)21(30)29-22(31)28-16-9-10-19(27-12-16)34-13-14-5-3-6-15(11-14)23(24,25)26/h3-12H,13H2,1-2H3,(H2,28,29,30,31). The molecule has 0 atom stereocenters. The summed E-state index contributed by atoms with van der Waals surface area (Å²) in [7, 11) is 2.77. The Labute approximate surface area is 192 Å². The number of hydrogen-bond acceptors (Lipinski definition) is 6. The second kappa shape index (κ2) is 10.6. The van der Waals surface area contributed by atoms with E-state index in [2.05, 4.69) is 15.6 Å². The van der Waals surface area contributed by atoms with Gasteiger partial charge in [-0.2, -0.15) is 13.2 Å². The monoisotopic (exact) mass is 475 g/mol. The predicted octanol–water partition coefficient (Wildman–Crippen LogP) is 4.66. The minimum atomic E-state index is -4.44. The molecule has 2 aromatic carbocycles. The van der Waals surface area contributed by atoms with Gasteiger partial charge in [0.1, 0.15) is 23.7 Å². The summed E-state index contributed by atoms with van der Waals surface area (Å²) in [5.74, 6) is -0.138. The van der Waals surface area contributed by atoms with Crippen LogP contribution in [0.1, 0.15) is 21.5 Å². The van der Waals surface area contributed by atoms with E-state index < -0.39 is 23.7 Å². The van der Waals surface area contributed by atoms with Crippen LogP contribution in [0.25, 0.3) is 0 Å². The number of urea groups is 1. The summed E-state index contributed by atoms with van der Waals surface area (Å²) in [6.07, 6.45) is -3.17. The van der Waals surface area contributed by atoms with Gasteiger partial charge < -0.3 is 19.5 Å². The molecule has 0 saturated heterocycles. The van der Waals surface area contributed by atoms with Gasteiger partial charge in [-0.1, -0.05) is 18.2 Å². The van der Waals surface area contributed by atoms with E-state index in [0.717, 1.165) is 12.1 Å². The molecule has 1 aromatic heterocycles. The van der Waals surface area contributed by atoms with E-state index in [1.54, 1.807) is 18.2 Å².